The Kier molecular flexibility index (Phi) is 5.90. The number of rotatable bonds is 5. The minimum Gasteiger partial charge on any atom is -0.452 e. The predicted octanol–water partition coefficient (Wildman–Crippen LogP) is 3.42. The fraction of sp³-hybridized carbons (Fsp3) is 0.333. The first-order valence-corrected chi connectivity index (χ1v) is 8.02. The Bertz CT molecular complexity index is 796. The molecule has 2 aromatic rings. The van der Waals surface area contributed by atoms with Crippen LogP contribution in [0.25, 0.3) is 0 Å². The summed E-state index contributed by atoms with van der Waals surface area (Å²) in [6, 6.07) is 9.39. The summed E-state index contributed by atoms with van der Waals surface area (Å²) in [6.45, 7) is 3.99. The molecule has 0 aliphatic heterocycles. The summed E-state index contributed by atoms with van der Waals surface area (Å²) in [4.78, 5) is 12.9. The maximum Gasteiger partial charge on any atom is 0.413 e. The number of aryl methyl sites for hydroxylation is 1. The number of nitriles is 1. The van der Waals surface area contributed by atoms with Gasteiger partial charge < -0.3 is 10.1 Å². The molecule has 0 radical (unpaired) electrons. The van der Waals surface area contributed by atoms with Crippen LogP contribution in [0.3, 0.4) is 0 Å². The Labute approximate surface area is 147 Å². The molecular formula is C18H21N5O2. The number of nitrogens with zero attached hydrogens (tertiary/aromatic N) is 4. The smallest absolute Gasteiger partial charge is 0.413 e. The van der Waals surface area contributed by atoms with E-state index in [1.165, 1.54) is 12.0 Å². The first-order chi connectivity index (χ1) is 12.0. The van der Waals surface area contributed by atoms with Crippen LogP contribution >= 0.6 is 0 Å². The minimum atomic E-state index is -0.443. The molecule has 130 valence electrons. The summed E-state index contributed by atoms with van der Waals surface area (Å²) in [7, 11) is 2.96. The number of amides is 1. The Balaban J connectivity index is 2.29. The van der Waals surface area contributed by atoms with Gasteiger partial charge in [0.1, 0.15) is 11.6 Å². The zero-order chi connectivity index (χ0) is 18.4. The van der Waals surface area contributed by atoms with E-state index in [0.29, 0.717) is 17.1 Å². The van der Waals surface area contributed by atoms with Gasteiger partial charge >= 0.3 is 6.09 Å². The third-order valence-corrected chi connectivity index (χ3v) is 3.92. The molecule has 1 amide bonds. The molecule has 2 rings (SSSR count). The van der Waals surface area contributed by atoms with E-state index < -0.39 is 6.09 Å². The van der Waals surface area contributed by atoms with Crippen LogP contribution in [-0.2, 0) is 17.6 Å². The average Bonchev–Trinajstić information content (AvgIpc) is 2.66. The van der Waals surface area contributed by atoms with Crippen LogP contribution in [0.2, 0.25) is 0 Å². The highest BCUT2D eigenvalue weighted by Gasteiger charge is 2.15. The number of carbonyl (C=O) groups excluding carboxylic acids is 1. The van der Waals surface area contributed by atoms with Crippen LogP contribution in [0.5, 0.6) is 0 Å². The monoisotopic (exact) mass is 339 g/mol. The molecule has 1 aromatic heterocycles. The summed E-state index contributed by atoms with van der Waals surface area (Å²) >= 11 is 0. The Morgan fingerprint density at radius 1 is 1.24 bits per heavy atom. The lowest BCUT2D eigenvalue weighted by Gasteiger charge is -2.16. The standard InChI is InChI=1S/C18H21N5O2/c1-5-14-15(11-19)17(22-21-16(14)6-2)20-12-7-9-13(10-8-12)23(3)18(24)25-4/h7-10H,5-6H2,1-4H3,(H,20,22). The number of benzene rings is 1. The van der Waals surface area contributed by atoms with Gasteiger partial charge in [-0.25, -0.2) is 4.79 Å². The fourth-order valence-electron chi connectivity index (χ4n) is 2.53. The van der Waals surface area contributed by atoms with Gasteiger partial charge in [0.15, 0.2) is 5.82 Å². The van der Waals surface area contributed by atoms with Gasteiger partial charge in [0.25, 0.3) is 0 Å². The molecule has 1 heterocycles. The molecule has 0 bridgehead atoms. The normalized spacial score (nSPS) is 10.0. The first kappa shape index (κ1) is 18.2. The van der Waals surface area contributed by atoms with Crippen molar-refractivity contribution in [2.45, 2.75) is 26.7 Å². The van der Waals surface area contributed by atoms with Crippen LogP contribution in [-0.4, -0.2) is 30.4 Å². The van der Waals surface area contributed by atoms with Gasteiger partial charge in [0.2, 0.25) is 0 Å². The van der Waals surface area contributed by atoms with Crippen LogP contribution in [0.4, 0.5) is 22.0 Å². The van der Waals surface area contributed by atoms with Gasteiger partial charge in [0.05, 0.1) is 12.8 Å². The molecule has 0 fully saturated rings. The van der Waals surface area contributed by atoms with E-state index in [-0.39, 0.29) is 0 Å². The van der Waals surface area contributed by atoms with E-state index in [1.807, 2.05) is 13.8 Å². The van der Waals surface area contributed by atoms with E-state index in [9.17, 15) is 10.1 Å². The van der Waals surface area contributed by atoms with Crippen LogP contribution in [0.1, 0.15) is 30.7 Å². The Morgan fingerprint density at radius 2 is 1.92 bits per heavy atom. The lowest BCUT2D eigenvalue weighted by molar-refractivity contribution is 0.180. The average molecular weight is 339 g/mol. The van der Waals surface area contributed by atoms with Crippen molar-refractivity contribution in [2.24, 2.45) is 0 Å². The number of hydrogen-bond acceptors (Lipinski definition) is 6. The summed E-state index contributed by atoms with van der Waals surface area (Å²) in [5.41, 5.74) is 3.73. The van der Waals surface area contributed by atoms with E-state index in [2.05, 4.69) is 26.3 Å². The van der Waals surface area contributed by atoms with Crippen molar-refractivity contribution in [1.29, 1.82) is 5.26 Å². The van der Waals surface area contributed by atoms with Crippen LogP contribution < -0.4 is 10.2 Å². The maximum absolute atomic E-state index is 11.5. The van der Waals surface area contributed by atoms with E-state index in [4.69, 9.17) is 0 Å². The lowest BCUT2D eigenvalue weighted by atomic mass is 10.0. The minimum absolute atomic E-state index is 0.436. The molecule has 0 saturated carbocycles. The Morgan fingerprint density at radius 3 is 2.44 bits per heavy atom. The fourth-order valence-corrected chi connectivity index (χ4v) is 2.53. The van der Waals surface area contributed by atoms with Gasteiger partial charge in [-0.05, 0) is 42.7 Å². The molecule has 25 heavy (non-hydrogen) atoms. The Hall–Kier alpha value is -3.14. The summed E-state index contributed by atoms with van der Waals surface area (Å²) in [5.74, 6) is 0.436. The van der Waals surface area contributed by atoms with E-state index >= 15 is 0 Å². The van der Waals surface area contributed by atoms with Crippen molar-refractivity contribution in [1.82, 2.24) is 10.2 Å². The third kappa shape index (κ3) is 3.86. The quantitative estimate of drug-likeness (QED) is 0.897. The van der Waals surface area contributed by atoms with Crippen LogP contribution in [0.15, 0.2) is 24.3 Å². The summed E-state index contributed by atoms with van der Waals surface area (Å²) in [5, 5.41) is 21.0. The van der Waals surface area contributed by atoms with Crippen molar-refractivity contribution < 1.29 is 9.53 Å². The first-order valence-electron chi connectivity index (χ1n) is 8.02. The summed E-state index contributed by atoms with van der Waals surface area (Å²) < 4.78 is 4.69. The highest BCUT2D eigenvalue weighted by Crippen LogP contribution is 2.25. The molecule has 0 saturated heterocycles. The van der Waals surface area contributed by atoms with Crippen molar-refractivity contribution in [3.8, 4) is 6.07 Å². The van der Waals surface area contributed by atoms with Crippen molar-refractivity contribution in [2.75, 3.05) is 24.4 Å². The number of aromatic nitrogens is 2. The largest absolute Gasteiger partial charge is 0.452 e. The molecule has 1 aromatic carbocycles. The molecule has 0 aliphatic rings. The number of methoxy groups -OCH3 is 1. The number of hydrogen-bond donors (Lipinski definition) is 1. The van der Waals surface area contributed by atoms with Gasteiger partial charge in [-0.1, -0.05) is 13.8 Å². The molecular weight excluding hydrogens is 318 g/mol. The SMILES string of the molecule is CCc1nnc(Nc2ccc(N(C)C(=O)OC)cc2)c(C#N)c1CC. The summed E-state index contributed by atoms with van der Waals surface area (Å²) in [6.07, 6.45) is 1.01. The van der Waals surface area contributed by atoms with Gasteiger partial charge in [0, 0.05) is 18.4 Å². The third-order valence-electron chi connectivity index (χ3n) is 3.92. The van der Waals surface area contributed by atoms with E-state index in [0.717, 1.165) is 29.8 Å². The molecule has 7 nitrogen and oxygen atoms in total. The second kappa shape index (κ2) is 8.11. The van der Waals surface area contributed by atoms with E-state index in [1.54, 1.807) is 31.3 Å². The second-order valence-corrected chi connectivity index (χ2v) is 5.37. The molecule has 0 spiro atoms. The zero-order valence-electron chi connectivity index (χ0n) is 14.8. The number of nitrogens with one attached hydrogen (secondary N) is 1. The van der Waals surface area contributed by atoms with Crippen LogP contribution in [0, 0.1) is 11.3 Å². The van der Waals surface area contributed by atoms with Crippen molar-refractivity contribution in [3.63, 3.8) is 0 Å². The number of anilines is 3. The highest BCUT2D eigenvalue weighted by atomic mass is 16.5. The van der Waals surface area contributed by atoms with Gasteiger partial charge in [-0.3, -0.25) is 4.90 Å². The molecule has 0 unspecified atom stereocenters. The number of carbonyl (C=O) groups is 1. The van der Waals surface area contributed by atoms with Crippen molar-refractivity contribution >= 4 is 23.3 Å². The predicted molar refractivity (Wildman–Crippen MR) is 96.0 cm³/mol. The molecule has 0 aliphatic carbocycles. The highest BCUT2D eigenvalue weighted by molar-refractivity contribution is 5.87. The molecule has 0 atom stereocenters. The maximum atomic E-state index is 11.5. The van der Waals surface area contributed by atoms with Crippen molar-refractivity contribution in [3.05, 3.63) is 41.1 Å². The molecule has 1 N–H and O–H groups in total. The zero-order valence-corrected chi connectivity index (χ0v) is 14.8. The topological polar surface area (TPSA) is 91.1 Å². The lowest BCUT2D eigenvalue weighted by Crippen LogP contribution is -2.25. The van der Waals surface area contributed by atoms with Gasteiger partial charge in [-0.2, -0.15) is 10.4 Å². The second-order valence-electron chi connectivity index (χ2n) is 5.37. The van der Waals surface area contributed by atoms with Gasteiger partial charge in [-0.15, -0.1) is 5.10 Å². The molecule has 7 heteroatoms. The number of ether oxygens (including phenoxy) is 1.